The van der Waals surface area contributed by atoms with Crippen molar-refractivity contribution in [3.05, 3.63) is 121 Å². The van der Waals surface area contributed by atoms with Crippen LogP contribution in [0.4, 0.5) is 0 Å². The van der Waals surface area contributed by atoms with E-state index >= 15 is 0 Å². The third-order valence-electron chi connectivity index (χ3n) is 5.71. The maximum atomic E-state index is 11.2. The molecule has 0 saturated heterocycles. The third kappa shape index (κ3) is 8.03. The van der Waals surface area contributed by atoms with E-state index in [0.717, 1.165) is 30.4 Å². The summed E-state index contributed by atoms with van der Waals surface area (Å²) in [6.07, 6.45) is 0.769. The van der Waals surface area contributed by atoms with Gasteiger partial charge in [0.25, 0.3) is 0 Å². The minimum Gasteiger partial charge on any atom is -0.744 e. The lowest BCUT2D eigenvalue weighted by Gasteiger charge is -2.26. The molecule has 2 N–H and O–H groups in total. The predicted octanol–water partition coefficient (Wildman–Crippen LogP) is 2.64. The van der Waals surface area contributed by atoms with E-state index in [4.69, 9.17) is 5.11 Å². The number of carbonyl (C=O) groups is 1. The zero-order chi connectivity index (χ0) is 28.1. The van der Waals surface area contributed by atoms with Crippen molar-refractivity contribution in [2.24, 2.45) is 0 Å². The van der Waals surface area contributed by atoms with Crippen molar-refractivity contribution in [3.63, 3.8) is 0 Å². The van der Waals surface area contributed by atoms with Crippen molar-refractivity contribution in [2.75, 3.05) is 26.0 Å². The molecule has 0 bridgehead atoms. The van der Waals surface area contributed by atoms with E-state index in [1.165, 1.54) is 15.9 Å². The Bertz CT molecular complexity index is 1300. The normalized spacial score (nSPS) is 11.3. The number of benzene rings is 4. The molecule has 0 saturated carbocycles. The molecular weight excluding hydrogens is 539 g/mol. The summed E-state index contributed by atoms with van der Waals surface area (Å²) in [5.41, 5.74) is 0.0235. The molecule has 0 aliphatic rings. The van der Waals surface area contributed by atoms with Crippen LogP contribution in [0.1, 0.15) is 10.4 Å². The second-order valence-electron chi connectivity index (χ2n) is 8.16. The Morgan fingerprint density at radius 2 is 1.13 bits per heavy atom. The molecule has 4 aromatic carbocycles. The largest absolute Gasteiger partial charge is 0.744 e. The van der Waals surface area contributed by atoms with Crippen molar-refractivity contribution in [3.8, 4) is 0 Å². The van der Waals surface area contributed by atoms with Gasteiger partial charge in [0.1, 0.15) is 39.9 Å². The van der Waals surface area contributed by atoms with Crippen molar-refractivity contribution in [2.45, 2.75) is 4.90 Å². The van der Waals surface area contributed by atoms with E-state index in [9.17, 15) is 22.9 Å². The average molecular weight is 569 g/mol. The molecule has 4 rings (SSSR count). The zero-order valence-corrected chi connectivity index (χ0v) is 22.7. The second kappa shape index (κ2) is 14.6. The zero-order valence-electron chi connectivity index (χ0n) is 21.0. The maximum Gasteiger partial charge on any atom is 0.373 e. The third-order valence-corrected chi connectivity index (χ3v) is 11.0. The number of carbonyl (C=O) groups excluding carboxylic acids is 1. The van der Waals surface area contributed by atoms with Gasteiger partial charge in [0.2, 0.25) is 0 Å². The highest BCUT2D eigenvalue weighted by Gasteiger charge is 2.44. The van der Waals surface area contributed by atoms with Crippen LogP contribution < -0.4 is 15.9 Å². The number of aliphatic hydroxyl groups is 2. The molecule has 204 valence electrons. The monoisotopic (exact) mass is 568 g/mol. The highest BCUT2D eigenvalue weighted by atomic mass is 32.2. The molecule has 0 heterocycles. The fraction of sp³-hybridized carbons (Fsp3) is 0.138. The van der Waals surface area contributed by atoms with E-state index in [0.29, 0.717) is 0 Å². The molecule has 10 heteroatoms. The van der Waals surface area contributed by atoms with Crippen molar-refractivity contribution in [1.82, 2.24) is 0 Å². The molecule has 0 radical (unpaired) electrons. The fourth-order valence-corrected chi connectivity index (χ4v) is 8.45. The van der Waals surface area contributed by atoms with Gasteiger partial charge in [0, 0.05) is 0 Å². The maximum absolute atomic E-state index is 11.2. The van der Waals surface area contributed by atoms with Gasteiger partial charge in [-0.3, -0.25) is 4.89 Å². The van der Waals surface area contributed by atoms with E-state index in [1.54, 1.807) is 0 Å². The molecule has 0 aliphatic carbocycles. The predicted molar refractivity (Wildman–Crippen MR) is 150 cm³/mol. The minimum atomic E-state index is -4.53. The van der Waals surface area contributed by atoms with Crippen LogP contribution in [0.2, 0.25) is 0 Å². The van der Waals surface area contributed by atoms with E-state index in [2.05, 4.69) is 82.6 Å². The number of hydrogen-bond donors (Lipinski definition) is 2. The molecule has 0 unspecified atom stereocenters. The SMILES string of the molecule is O=C(OOCCO)c1ccc(S(=O)(=O)[O-])cc1.OCC[P+](c1ccccc1)(c1ccccc1)c1ccccc1. The fourth-order valence-electron chi connectivity index (χ4n) is 3.97. The lowest BCUT2D eigenvalue weighted by molar-refractivity contribution is -0.245. The van der Waals surface area contributed by atoms with E-state index in [1.807, 2.05) is 18.2 Å². The Kier molecular flexibility index (Phi) is 11.3. The van der Waals surface area contributed by atoms with Crippen LogP contribution in [0.25, 0.3) is 0 Å². The van der Waals surface area contributed by atoms with Gasteiger partial charge in [0.15, 0.2) is 0 Å². The van der Waals surface area contributed by atoms with Gasteiger partial charge in [-0.25, -0.2) is 13.2 Å². The van der Waals surface area contributed by atoms with Gasteiger partial charge < -0.3 is 14.8 Å². The molecule has 4 aromatic rings. The van der Waals surface area contributed by atoms with Crippen LogP contribution in [-0.4, -0.2) is 55.1 Å². The molecule has 0 spiro atoms. The van der Waals surface area contributed by atoms with Gasteiger partial charge in [-0.2, -0.15) is 4.89 Å². The lowest BCUT2D eigenvalue weighted by atomic mass is 10.2. The summed E-state index contributed by atoms with van der Waals surface area (Å²) in [5, 5.41) is 22.1. The molecule has 8 nitrogen and oxygen atoms in total. The van der Waals surface area contributed by atoms with Crippen molar-refractivity contribution < 1.29 is 37.8 Å². The molecular formula is C29H29O8PS. The number of hydrogen-bond acceptors (Lipinski definition) is 8. The van der Waals surface area contributed by atoms with Crippen LogP contribution in [-0.2, 0) is 19.9 Å². The first-order valence-electron chi connectivity index (χ1n) is 12.0. The summed E-state index contributed by atoms with van der Waals surface area (Å²) >= 11 is 0. The van der Waals surface area contributed by atoms with Crippen molar-refractivity contribution >= 4 is 39.3 Å². The van der Waals surface area contributed by atoms with Crippen LogP contribution >= 0.6 is 7.26 Å². The lowest BCUT2D eigenvalue weighted by Crippen LogP contribution is -2.34. The Labute approximate surface area is 228 Å². The first-order chi connectivity index (χ1) is 18.8. The molecule has 0 aromatic heterocycles. The van der Waals surface area contributed by atoms with E-state index in [-0.39, 0.29) is 25.4 Å². The Morgan fingerprint density at radius 3 is 1.49 bits per heavy atom. The van der Waals surface area contributed by atoms with Crippen LogP contribution in [0, 0.1) is 0 Å². The summed E-state index contributed by atoms with van der Waals surface area (Å²) in [6, 6.07) is 36.1. The first kappa shape index (κ1) is 30.1. The minimum absolute atomic E-state index is 0.0235. The smallest absolute Gasteiger partial charge is 0.373 e. The van der Waals surface area contributed by atoms with Crippen molar-refractivity contribution in [1.29, 1.82) is 0 Å². The van der Waals surface area contributed by atoms with Gasteiger partial charge in [-0.15, -0.1) is 0 Å². The van der Waals surface area contributed by atoms with Crippen LogP contribution in [0.15, 0.2) is 120 Å². The first-order valence-corrected chi connectivity index (χ1v) is 15.4. The summed E-state index contributed by atoms with van der Waals surface area (Å²) < 4.78 is 31.8. The average Bonchev–Trinajstić information content (AvgIpc) is 2.97. The summed E-state index contributed by atoms with van der Waals surface area (Å²) in [6.45, 7) is -0.286. The van der Waals surface area contributed by atoms with Gasteiger partial charge in [-0.05, 0) is 60.7 Å². The number of aliphatic hydroxyl groups excluding tert-OH is 2. The second-order valence-corrected chi connectivity index (χ2v) is 13.2. The highest BCUT2D eigenvalue weighted by molar-refractivity contribution is 7.95. The molecule has 0 atom stereocenters. The Morgan fingerprint density at radius 1 is 0.692 bits per heavy atom. The molecule has 0 amide bonds. The van der Waals surface area contributed by atoms with Gasteiger partial charge >= 0.3 is 5.97 Å². The standard InChI is InChI=1S/C20H20OP.C9H10O7S/c21-16-17-22(18-10-4-1-5-11-18,19-12-6-2-7-13-19)20-14-8-3-9-15-20;10-5-6-15-16-9(11)7-1-3-8(4-2-7)17(12,13)14/h1-15,21H,16-17H2;1-4,10H,5-6H2,(H,12,13,14)/q+1;/p-1. The Balaban J connectivity index is 0.000000224. The topological polar surface area (TPSA) is 133 Å². The van der Waals surface area contributed by atoms with Crippen LogP contribution in [0.3, 0.4) is 0 Å². The summed E-state index contributed by atoms with van der Waals surface area (Å²) in [7, 11) is -6.34. The summed E-state index contributed by atoms with van der Waals surface area (Å²) in [5.74, 6) is -0.853. The quantitative estimate of drug-likeness (QED) is 0.0981. The molecule has 39 heavy (non-hydrogen) atoms. The van der Waals surface area contributed by atoms with Gasteiger partial charge in [0.05, 0.1) is 29.8 Å². The number of rotatable bonds is 10. The highest BCUT2D eigenvalue weighted by Crippen LogP contribution is 2.54. The summed E-state index contributed by atoms with van der Waals surface area (Å²) in [4.78, 5) is 19.4. The van der Waals surface area contributed by atoms with Crippen LogP contribution in [0.5, 0.6) is 0 Å². The Hall–Kier alpha value is -3.43. The molecule has 0 fully saturated rings. The molecule has 0 aliphatic heterocycles. The van der Waals surface area contributed by atoms with E-state index < -0.39 is 28.2 Å². The van der Waals surface area contributed by atoms with Gasteiger partial charge in [-0.1, -0.05) is 54.6 Å².